The van der Waals surface area contributed by atoms with E-state index in [9.17, 15) is 0 Å². The second kappa shape index (κ2) is 4.72. The number of nitrogens with two attached hydrogens (primary N) is 1. The van der Waals surface area contributed by atoms with Crippen LogP contribution >= 0.6 is 27.3 Å². The van der Waals surface area contributed by atoms with Gasteiger partial charge in [0.2, 0.25) is 0 Å². The van der Waals surface area contributed by atoms with Gasteiger partial charge in [-0.1, -0.05) is 0 Å². The van der Waals surface area contributed by atoms with E-state index in [2.05, 4.69) is 25.9 Å². The molecule has 2 rings (SSSR count). The number of pyridine rings is 1. The van der Waals surface area contributed by atoms with Crippen LogP contribution in [0.4, 0.5) is 5.13 Å². The zero-order valence-electron chi connectivity index (χ0n) is 7.98. The van der Waals surface area contributed by atoms with Gasteiger partial charge in [-0.25, -0.2) is 4.98 Å². The molecule has 0 saturated heterocycles. The third-order valence-electron chi connectivity index (χ3n) is 2.06. The van der Waals surface area contributed by atoms with Gasteiger partial charge >= 0.3 is 0 Å². The average Bonchev–Trinajstić information content (AvgIpc) is 2.56. The number of aromatic nitrogens is 2. The molecule has 2 aromatic rings. The Labute approximate surface area is 101 Å². The summed E-state index contributed by atoms with van der Waals surface area (Å²) in [6.45, 7) is 0. The van der Waals surface area contributed by atoms with Crippen LogP contribution in [0.25, 0.3) is 0 Å². The second-order valence-electron chi connectivity index (χ2n) is 3.12. The van der Waals surface area contributed by atoms with Crippen LogP contribution in [0.2, 0.25) is 0 Å². The quantitative estimate of drug-likeness (QED) is 0.942. The van der Waals surface area contributed by atoms with Crippen molar-refractivity contribution in [2.75, 3.05) is 5.73 Å². The van der Waals surface area contributed by atoms with Crippen molar-refractivity contribution in [1.29, 1.82) is 0 Å². The summed E-state index contributed by atoms with van der Waals surface area (Å²) in [6.07, 6.45) is 5.57. The van der Waals surface area contributed by atoms with Crippen molar-refractivity contribution in [2.45, 2.75) is 12.8 Å². The fraction of sp³-hybridized carbons (Fsp3) is 0.200. The molecule has 0 aliphatic rings. The van der Waals surface area contributed by atoms with Crippen LogP contribution in [0.1, 0.15) is 10.4 Å². The lowest BCUT2D eigenvalue weighted by Gasteiger charge is -1.98. The first-order valence-corrected chi connectivity index (χ1v) is 6.16. The molecule has 2 heterocycles. The zero-order chi connectivity index (χ0) is 10.7. The monoisotopic (exact) mass is 283 g/mol. The minimum Gasteiger partial charge on any atom is -0.375 e. The summed E-state index contributed by atoms with van der Waals surface area (Å²) in [4.78, 5) is 9.31. The van der Waals surface area contributed by atoms with E-state index in [0.29, 0.717) is 5.13 Å². The number of halogens is 1. The van der Waals surface area contributed by atoms with Gasteiger partial charge in [-0.05, 0) is 46.5 Å². The standard InChI is InChI=1S/C10H10BrN3S/c11-9-8(15-10(12)14-9)2-1-7-3-5-13-6-4-7/h3-6H,1-2H2,(H2,12,14). The fourth-order valence-corrected chi connectivity index (χ4v) is 2.78. The molecular weight excluding hydrogens is 274 g/mol. The highest BCUT2D eigenvalue weighted by Gasteiger charge is 2.06. The number of aryl methyl sites for hydroxylation is 2. The molecule has 0 saturated carbocycles. The third-order valence-corrected chi connectivity index (χ3v) is 3.92. The van der Waals surface area contributed by atoms with Gasteiger partial charge in [0.1, 0.15) is 4.60 Å². The van der Waals surface area contributed by atoms with Gasteiger partial charge in [-0.2, -0.15) is 0 Å². The number of rotatable bonds is 3. The van der Waals surface area contributed by atoms with E-state index in [1.54, 1.807) is 0 Å². The lowest BCUT2D eigenvalue weighted by Crippen LogP contribution is -1.89. The first-order chi connectivity index (χ1) is 7.25. The topological polar surface area (TPSA) is 51.8 Å². The number of hydrogen-bond donors (Lipinski definition) is 1. The number of nitrogens with zero attached hydrogens (tertiary/aromatic N) is 2. The molecule has 0 amide bonds. The number of thiazole rings is 1. The van der Waals surface area contributed by atoms with Crippen LogP contribution in [0.15, 0.2) is 29.1 Å². The first kappa shape index (κ1) is 10.6. The van der Waals surface area contributed by atoms with Crippen molar-refractivity contribution in [3.63, 3.8) is 0 Å². The predicted octanol–water partition coefficient (Wildman–Crippen LogP) is 2.67. The van der Waals surface area contributed by atoms with Gasteiger partial charge in [0.15, 0.2) is 5.13 Å². The van der Waals surface area contributed by atoms with Crippen molar-refractivity contribution >= 4 is 32.4 Å². The summed E-state index contributed by atoms with van der Waals surface area (Å²) in [6, 6.07) is 4.05. The Balaban J connectivity index is 2.02. The molecule has 0 aromatic carbocycles. The lowest BCUT2D eigenvalue weighted by atomic mass is 10.1. The van der Waals surface area contributed by atoms with E-state index < -0.39 is 0 Å². The molecule has 2 N–H and O–H groups in total. The summed E-state index contributed by atoms with van der Waals surface area (Å²) in [5, 5.41) is 0.617. The fourth-order valence-electron chi connectivity index (χ4n) is 1.31. The summed E-state index contributed by atoms with van der Waals surface area (Å²) in [7, 11) is 0. The SMILES string of the molecule is Nc1nc(Br)c(CCc2ccncc2)s1. The van der Waals surface area contributed by atoms with Crippen molar-refractivity contribution < 1.29 is 0 Å². The van der Waals surface area contributed by atoms with Crippen molar-refractivity contribution in [1.82, 2.24) is 9.97 Å². The van der Waals surface area contributed by atoms with Crippen LogP contribution in [0.3, 0.4) is 0 Å². The highest BCUT2D eigenvalue weighted by Crippen LogP contribution is 2.26. The maximum Gasteiger partial charge on any atom is 0.181 e. The number of anilines is 1. The maximum absolute atomic E-state index is 5.62. The molecule has 2 aromatic heterocycles. The van der Waals surface area contributed by atoms with Crippen molar-refractivity contribution in [2.24, 2.45) is 0 Å². The van der Waals surface area contributed by atoms with Gasteiger partial charge in [-0.3, -0.25) is 4.98 Å². The largest absolute Gasteiger partial charge is 0.375 e. The van der Waals surface area contributed by atoms with Crippen LogP contribution < -0.4 is 5.73 Å². The molecule has 0 aliphatic carbocycles. The van der Waals surface area contributed by atoms with E-state index in [4.69, 9.17) is 5.73 Å². The lowest BCUT2D eigenvalue weighted by molar-refractivity contribution is 0.964. The molecule has 78 valence electrons. The highest BCUT2D eigenvalue weighted by molar-refractivity contribution is 9.10. The van der Waals surface area contributed by atoms with E-state index in [0.717, 1.165) is 17.4 Å². The zero-order valence-corrected chi connectivity index (χ0v) is 10.4. The molecule has 0 unspecified atom stereocenters. The van der Waals surface area contributed by atoms with Crippen LogP contribution in [-0.4, -0.2) is 9.97 Å². The van der Waals surface area contributed by atoms with Crippen molar-refractivity contribution in [3.05, 3.63) is 39.6 Å². The Morgan fingerprint density at radius 2 is 2.00 bits per heavy atom. The summed E-state index contributed by atoms with van der Waals surface area (Å²) < 4.78 is 0.874. The van der Waals surface area contributed by atoms with Gasteiger partial charge < -0.3 is 5.73 Å². The van der Waals surface area contributed by atoms with Gasteiger partial charge in [-0.15, -0.1) is 11.3 Å². The van der Waals surface area contributed by atoms with E-state index in [-0.39, 0.29) is 0 Å². The van der Waals surface area contributed by atoms with Crippen molar-refractivity contribution in [3.8, 4) is 0 Å². The minimum absolute atomic E-state index is 0.617. The molecule has 15 heavy (non-hydrogen) atoms. The summed E-state index contributed by atoms with van der Waals surface area (Å²) in [5.41, 5.74) is 6.90. The molecule has 0 aliphatic heterocycles. The molecule has 0 fully saturated rings. The second-order valence-corrected chi connectivity index (χ2v) is 4.99. The Kier molecular flexibility index (Phi) is 3.33. The van der Waals surface area contributed by atoms with E-state index in [1.807, 2.05) is 24.5 Å². The minimum atomic E-state index is 0.617. The molecule has 0 atom stereocenters. The van der Waals surface area contributed by atoms with Gasteiger partial charge in [0.05, 0.1) is 0 Å². The van der Waals surface area contributed by atoms with E-state index in [1.165, 1.54) is 21.8 Å². The third kappa shape index (κ3) is 2.76. The highest BCUT2D eigenvalue weighted by atomic mass is 79.9. The predicted molar refractivity (Wildman–Crippen MR) is 65.9 cm³/mol. The molecule has 0 bridgehead atoms. The Morgan fingerprint density at radius 1 is 1.27 bits per heavy atom. The Hall–Kier alpha value is -0.940. The molecule has 5 heteroatoms. The number of nitrogen functional groups attached to an aromatic ring is 1. The molecule has 0 spiro atoms. The molecule has 3 nitrogen and oxygen atoms in total. The van der Waals surface area contributed by atoms with Gasteiger partial charge in [0, 0.05) is 17.3 Å². The van der Waals surface area contributed by atoms with Gasteiger partial charge in [0.25, 0.3) is 0 Å². The molecule has 0 radical (unpaired) electrons. The van der Waals surface area contributed by atoms with Crippen LogP contribution in [0.5, 0.6) is 0 Å². The smallest absolute Gasteiger partial charge is 0.181 e. The normalized spacial score (nSPS) is 10.5. The summed E-state index contributed by atoms with van der Waals surface area (Å²) in [5.74, 6) is 0. The molecular formula is C10H10BrN3S. The summed E-state index contributed by atoms with van der Waals surface area (Å²) >= 11 is 4.94. The average molecular weight is 284 g/mol. The maximum atomic E-state index is 5.62. The van der Waals surface area contributed by atoms with E-state index >= 15 is 0 Å². The van der Waals surface area contributed by atoms with Crippen LogP contribution in [0, 0.1) is 0 Å². The Morgan fingerprint density at radius 3 is 2.60 bits per heavy atom. The van der Waals surface area contributed by atoms with Crippen LogP contribution in [-0.2, 0) is 12.8 Å². The first-order valence-electron chi connectivity index (χ1n) is 4.55. The number of hydrogen-bond acceptors (Lipinski definition) is 4. The Bertz CT molecular complexity index is 441.